The molecule has 2 aromatic rings. The first kappa shape index (κ1) is 18.6. The molecule has 4 nitrogen and oxygen atoms in total. The Bertz CT molecular complexity index is 673. The molecule has 1 saturated heterocycles. The molecule has 2 aromatic carbocycles. The van der Waals surface area contributed by atoms with Gasteiger partial charge in [-0.2, -0.15) is 0 Å². The van der Waals surface area contributed by atoms with Gasteiger partial charge in [-0.05, 0) is 25.1 Å². The fraction of sp³-hybridized carbons (Fsp3) is 0.278. The first-order valence-electron chi connectivity index (χ1n) is 7.63. The topological polar surface area (TPSA) is 50.4 Å². The molecule has 1 fully saturated rings. The zero-order chi connectivity index (χ0) is 16.1. The second kappa shape index (κ2) is 8.97. The molecule has 6 heteroatoms. The summed E-state index contributed by atoms with van der Waals surface area (Å²) in [5.41, 5.74) is 2.16. The molecule has 0 aromatic heterocycles. The van der Waals surface area contributed by atoms with Crippen molar-refractivity contribution in [2.75, 3.05) is 11.6 Å². The lowest BCUT2D eigenvalue weighted by atomic mass is 10.2. The number of hydrogen-bond acceptors (Lipinski definition) is 4. The molecular weight excluding hydrogens is 344 g/mol. The number of aryl methyl sites for hydroxylation is 1. The van der Waals surface area contributed by atoms with E-state index in [9.17, 15) is 4.79 Å². The maximum atomic E-state index is 12.1. The van der Waals surface area contributed by atoms with Crippen molar-refractivity contribution in [1.82, 2.24) is 10.6 Å². The lowest BCUT2D eigenvalue weighted by molar-refractivity contribution is -0.122. The lowest BCUT2D eigenvalue weighted by Gasteiger charge is -2.14. The summed E-state index contributed by atoms with van der Waals surface area (Å²) in [5.74, 6) is 3.27. The molecule has 1 aliphatic rings. The van der Waals surface area contributed by atoms with Gasteiger partial charge in [-0.3, -0.25) is 10.1 Å². The third-order valence-corrected chi connectivity index (χ3v) is 4.65. The number of halogens is 1. The minimum atomic E-state index is -0.0924. The summed E-state index contributed by atoms with van der Waals surface area (Å²) in [7, 11) is 0. The summed E-state index contributed by atoms with van der Waals surface area (Å²) < 4.78 is 5.95. The Morgan fingerprint density at radius 2 is 2.00 bits per heavy atom. The zero-order valence-electron chi connectivity index (χ0n) is 13.5. The van der Waals surface area contributed by atoms with Crippen LogP contribution in [0.5, 0.6) is 11.5 Å². The molecule has 1 amide bonds. The number of hydrogen-bond donors (Lipinski definition) is 2. The van der Waals surface area contributed by atoms with E-state index in [1.807, 2.05) is 55.5 Å². The summed E-state index contributed by atoms with van der Waals surface area (Å²) in [4.78, 5) is 12.1. The molecule has 0 bridgehead atoms. The molecule has 2 N–H and O–H groups in total. The van der Waals surface area contributed by atoms with E-state index in [2.05, 4.69) is 10.6 Å². The van der Waals surface area contributed by atoms with Crippen molar-refractivity contribution < 1.29 is 9.53 Å². The highest BCUT2D eigenvalue weighted by atomic mass is 35.5. The van der Waals surface area contributed by atoms with Crippen molar-refractivity contribution in [3.05, 3.63) is 59.7 Å². The number of amides is 1. The van der Waals surface area contributed by atoms with Crippen LogP contribution in [0.15, 0.2) is 48.5 Å². The van der Waals surface area contributed by atoms with Crippen LogP contribution >= 0.6 is 24.2 Å². The average Bonchev–Trinajstić information content (AvgIpc) is 3.10. The van der Waals surface area contributed by atoms with Crippen molar-refractivity contribution in [1.29, 1.82) is 0 Å². The standard InChI is InChI=1S/C18H20N2O2S.ClH/c1-13-6-8-15(9-7-13)22-17-5-3-2-4-14(17)10-19-18(21)16-11-23-12-20-16;/h2-9,16,20H,10-12H2,1H3,(H,19,21);1H. The van der Waals surface area contributed by atoms with Crippen molar-refractivity contribution in [3.8, 4) is 11.5 Å². The van der Waals surface area contributed by atoms with Crippen LogP contribution in [0.2, 0.25) is 0 Å². The van der Waals surface area contributed by atoms with Crippen LogP contribution in [0.1, 0.15) is 11.1 Å². The maximum Gasteiger partial charge on any atom is 0.238 e. The van der Waals surface area contributed by atoms with Gasteiger partial charge in [0.25, 0.3) is 0 Å². The number of thioether (sulfide) groups is 1. The van der Waals surface area contributed by atoms with Gasteiger partial charge in [-0.1, -0.05) is 35.9 Å². The van der Waals surface area contributed by atoms with Gasteiger partial charge in [0.05, 0.1) is 6.04 Å². The number of carbonyl (C=O) groups excluding carboxylic acids is 1. The Kier molecular flexibility index (Phi) is 6.97. The highest BCUT2D eigenvalue weighted by molar-refractivity contribution is 7.99. The molecule has 1 heterocycles. The number of ether oxygens (including phenoxy) is 1. The fourth-order valence-electron chi connectivity index (χ4n) is 2.35. The zero-order valence-corrected chi connectivity index (χ0v) is 15.1. The Balaban J connectivity index is 0.00000208. The Morgan fingerprint density at radius 3 is 2.71 bits per heavy atom. The van der Waals surface area contributed by atoms with Crippen LogP contribution in [-0.4, -0.2) is 23.6 Å². The lowest BCUT2D eigenvalue weighted by Crippen LogP contribution is -2.41. The summed E-state index contributed by atoms with van der Waals surface area (Å²) >= 11 is 1.74. The third-order valence-electron chi connectivity index (χ3n) is 3.71. The smallest absolute Gasteiger partial charge is 0.238 e. The quantitative estimate of drug-likeness (QED) is 0.852. The third kappa shape index (κ3) is 4.90. The van der Waals surface area contributed by atoms with Gasteiger partial charge in [-0.25, -0.2) is 0 Å². The van der Waals surface area contributed by atoms with Gasteiger partial charge in [0.2, 0.25) is 5.91 Å². The number of rotatable bonds is 5. The molecular formula is C18H21ClN2O2S. The summed E-state index contributed by atoms with van der Waals surface area (Å²) in [6.07, 6.45) is 0. The van der Waals surface area contributed by atoms with E-state index in [1.54, 1.807) is 11.8 Å². The van der Waals surface area contributed by atoms with Crippen molar-refractivity contribution in [3.63, 3.8) is 0 Å². The molecule has 0 aliphatic carbocycles. The van der Waals surface area contributed by atoms with E-state index in [-0.39, 0.29) is 24.4 Å². The molecule has 1 aliphatic heterocycles. The van der Waals surface area contributed by atoms with Gasteiger partial charge >= 0.3 is 0 Å². The SMILES string of the molecule is Cc1ccc(Oc2ccccc2CNC(=O)C2CSCN2)cc1.Cl. The maximum absolute atomic E-state index is 12.1. The van der Waals surface area contributed by atoms with E-state index >= 15 is 0 Å². The van der Waals surface area contributed by atoms with Crippen LogP contribution in [0.3, 0.4) is 0 Å². The van der Waals surface area contributed by atoms with E-state index in [4.69, 9.17) is 4.74 Å². The van der Waals surface area contributed by atoms with Crippen molar-refractivity contribution >= 4 is 30.1 Å². The fourth-order valence-corrected chi connectivity index (χ4v) is 3.29. The van der Waals surface area contributed by atoms with Gasteiger partial charge in [0.15, 0.2) is 0 Å². The van der Waals surface area contributed by atoms with Crippen molar-refractivity contribution in [2.24, 2.45) is 0 Å². The molecule has 0 saturated carbocycles. The highest BCUT2D eigenvalue weighted by Crippen LogP contribution is 2.25. The number of para-hydroxylation sites is 1. The molecule has 1 atom stereocenters. The first-order valence-corrected chi connectivity index (χ1v) is 8.79. The molecule has 1 unspecified atom stereocenters. The number of carbonyl (C=O) groups is 1. The summed E-state index contributed by atoms with van der Waals surface area (Å²) in [6, 6.07) is 15.6. The molecule has 128 valence electrons. The monoisotopic (exact) mass is 364 g/mol. The normalized spacial score (nSPS) is 16.3. The predicted octanol–water partition coefficient (Wildman–Crippen LogP) is 3.49. The largest absolute Gasteiger partial charge is 0.457 e. The Labute approximate surface area is 152 Å². The van der Waals surface area contributed by atoms with Gasteiger partial charge in [-0.15, -0.1) is 24.2 Å². The van der Waals surface area contributed by atoms with Gasteiger partial charge < -0.3 is 10.1 Å². The molecule has 3 rings (SSSR count). The van der Waals surface area contributed by atoms with E-state index < -0.39 is 0 Å². The van der Waals surface area contributed by atoms with Crippen LogP contribution in [0.25, 0.3) is 0 Å². The van der Waals surface area contributed by atoms with Crippen LogP contribution < -0.4 is 15.4 Å². The summed E-state index contributed by atoms with van der Waals surface area (Å²) in [5, 5.41) is 6.15. The number of benzene rings is 2. The highest BCUT2D eigenvalue weighted by Gasteiger charge is 2.22. The predicted molar refractivity (Wildman–Crippen MR) is 101 cm³/mol. The Hall–Kier alpha value is -1.69. The van der Waals surface area contributed by atoms with E-state index in [1.165, 1.54) is 5.56 Å². The van der Waals surface area contributed by atoms with Crippen LogP contribution in [0, 0.1) is 6.92 Å². The molecule has 0 radical (unpaired) electrons. The van der Waals surface area contributed by atoms with Gasteiger partial charge in [0, 0.05) is 23.7 Å². The Morgan fingerprint density at radius 1 is 1.25 bits per heavy atom. The van der Waals surface area contributed by atoms with Gasteiger partial charge in [0.1, 0.15) is 11.5 Å². The second-order valence-electron chi connectivity index (χ2n) is 5.51. The second-order valence-corrected chi connectivity index (χ2v) is 6.54. The molecule has 24 heavy (non-hydrogen) atoms. The minimum absolute atomic E-state index is 0. The van der Waals surface area contributed by atoms with Crippen molar-refractivity contribution in [2.45, 2.75) is 19.5 Å². The molecule has 0 spiro atoms. The number of nitrogens with one attached hydrogen (secondary N) is 2. The summed E-state index contributed by atoms with van der Waals surface area (Å²) in [6.45, 7) is 2.51. The van der Waals surface area contributed by atoms with E-state index in [0.717, 1.165) is 28.7 Å². The van der Waals surface area contributed by atoms with Crippen LogP contribution in [-0.2, 0) is 11.3 Å². The average molecular weight is 365 g/mol. The van der Waals surface area contributed by atoms with E-state index in [0.29, 0.717) is 6.54 Å². The van der Waals surface area contributed by atoms with Crippen LogP contribution in [0.4, 0.5) is 0 Å². The minimum Gasteiger partial charge on any atom is -0.457 e. The first-order chi connectivity index (χ1) is 11.2.